The summed E-state index contributed by atoms with van der Waals surface area (Å²) in [5.74, 6) is 2.31. The van der Waals surface area contributed by atoms with Gasteiger partial charge in [-0.2, -0.15) is 5.10 Å². The predicted octanol–water partition coefficient (Wildman–Crippen LogP) is 3.59. The Morgan fingerprint density at radius 2 is 1.88 bits per heavy atom. The molecular formula is C19H21N3O3S. The number of hydrogen-bond acceptors (Lipinski definition) is 6. The van der Waals surface area contributed by atoms with Crippen LogP contribution in [0.5, 0.6) is 17.2 Å². The zero-order chi connectivity index (χ0) is 18.5. The minimum atomic E-state index is 0.646. The SMILES string of the molecule is CCOc1ccc2c(c1)sc(=NN=Cc1cc(OC)ccc1OC)n2C. The van der Waals surface area contributed by atoms with Gasteiger partial charge in [-0.1, -0.05) is 11.3 Å². The zero-order valence-corrected chi connectivity index (χ0v) is 16.0. The van der Waals surface area contributed by atoms with Gasteiger partial charge in [-0.15, -0.1) is 5.10 Å². The first-order valence-corrected chi connectivity index (χ1v) is 8.99. The molecule has 0 spiro atoms. The molecule has 0 aliphatic heterocycles. The molecule has 6 nitrogen and oxygen atoms in total. The Labute approximate surface area is 156 Å². The van der Waals surface area contributed by atoms with E-state index in [2.05, 4.69) is 10.2 Å². The van der Waals surface area contributed by atoms with Crippen molar-refractivity contribution in [1.82, 2.24) is 4.57 Å². The number of ether oxygens (including phenoxy) is 3. The van der Waals surface area contributed by atoms with Gasteiger partial charge in [0.1, 0.15) is 17.2 Å². The average Bonchev–Trinajstić information content (AvgIpc) is 2.97. The maximum atomic E-state index is 5.56. The highest BCUT2D eigenvalue weighted by Crippen LogP contribution is 2.23. The van der Waals surface area contributed by atoms with Crippen molar-refractivity contribution in [3.05, 3.63) is 46.8 Å². The van der Waals surface area contributed by atoms with Gasteiger partial charge in [0.2, 0.25) is 4.80 Å². The minimum Gasteiger partial charge on any atom is -0.497 e. The molecule has 26 heavy (non-hydrogen) atoms. The highest BCUT2D eigenvalue weighted by atomic mass is 32.1. The lowest BCUT2D eigenvalue weighted by atomic mass is 10.2. The van der Waals surface area contributed by atoms with Crippen molar-refractivity contribution in [1.29, 1.82) is 0 Å². The van der Waals surface area contributed by atoms with E-state index in [4.69, 9.17) is 14.2 Å². The molecule has 0 N–H and O–H groups in total. The van der Waals surface area contributed by atoms with E-state index in [0.29, 0.717) is 12.4 Å². The van der Waals surface area contributed by atoms with E-state index < -0.39 is 0 Å². The summed E-state index contributed by atoms with van der Waals surface area (Å²) in [6.07, 6.45) is 1.66. The van der Waals surface area contributed by atoms with Gasteiger partial charge in [0.25, 0.3) is 0 Å². The number of benzene rings is 2. The second-order valence-electron chi connectivity index (χ2n) is 5.46. The standard InChI is InChI=1S/C19H21N3O3S/c1-5-25-15-6-8-16-18(11-15)26-19(22(16)2)21-20-12-13-10-14(23-3)7-9-17(13)24-4/h6-12H,5H2,1-4H3. The summed E-state index contributed by atoms with van der Waals surface area (Å²) >= 11 is 1.56. The van der Waals surface area contributed by atoms with Crippen LogP contribution in [0.2, 0.25) is 0 Å². The lowest BCUT2D eigenvalue weighted by molar-refractivity contribution is 0.341. The third-order valence-electron chi connectivity index (χ3n) is 3.87. The monoisotopic (exact) mass is 371 g/mol. The van der Waals surface area contributed by atoms with Crippen LogP contribution in [0, 0.1) is 0 Å². The van der Waals surface area contributed by atoms with Crippen LogP contribution in [-0.4, -0.2) is 31.6 Å². The van der Waals surface area contributed by atoms with Crippen molar-refractivity contribution in [2.24, 2.45) is 17.3 Å². The lowest BCUT2D eigenvalue weighted by Gasteiger charge is -2.06. The third-order valence-corrected chi connectivity index (χ3v) is 4.95. The normalized spacial score (nSPS) is 12.1. The first kappa shape index (κ1) is 18.0. The molecule has 7 heteroatoms. The Balaban J connectivity index is 1.95. The average molecular weight is 371 g/mol. The van der Waals surface area contributed by atoms with Crippen molar-refractivity contribution in [3.8, 4) is 17.2 Å². The topological polar surface area (TPSA) is 57.3 Å². The molecule has 0 aliphatic rings. The lowest BCUT2D eigenvalue weighted by Crippen LogP contribution is -2.08. The summed E-state index contributed by atoms with van der Waals surface area (Å²) in [5.41, 5.74) is 1.89. The minimum absolute atomic E-state index is 0.646. The predicted molar refractivity (Wildman–Crippen MR) is 105 cm³/mol. The molecular weight excluding hydrogens is 350 g/mol. The number of methoxy groups -OCH3 is 2. The van der Waals surface area contributed by atoms with Crippen LogP contribution in [0.25, 0.3) is 10.2 Å². The molecule has 0 saturated carbocycles. The molecule has 0 saturated heterocycles. The zero-order valence-electron chi connectivity index (χ0n) is 15.2. The Hall–Kier alpha value is -2.80. The number of aryl methyl sites for hydroxylation is 1. The molecule has 0 unspecified atom stereocenters. The van der Waals surface area contributed by atoms with Crippen LogP contribution in [-0.2, 0) is 7.05 Å². The fraction of sp³-hybridized carbons (Fsp3) is 0.263. The number of fused-ring (bicyclic) bond motifs is 1. The molecule has 1 heterocycles. The summed E-state index contributed by atoms with van der Waals surface area (Å²) in [5, 5.41) is 8.59. The van der Waals surface area contributed by atoms with Gasteiger partial charge in [-0.05, 0) is 43.3 Å². The second kappa shape index (κ2) is 8.05. The molecule has 0 bridgehead atoms. The number of thiazole rings is 1. The fourth-order valence-electron chi connectivity index (χ4n) is 2.55. The van der Waals surface area contributed by atoms with Gasteiger partial charge in [-0.25, -0.2) is 0 Å². The number of rotatable bonds is 6. The summed E-state index contributed by atoms with van der Waals surface area (Å²) in [6.45, 7) is 2.62. The Kier molecular flexibility index (Phi) is 5.58. The van der Waals surface area contributed by atoms with Gasteiger partial charge >= 0.3 is 0 Å². The fourth-order valence-corrected chi connectivity index (χ4v) is 3.55. The first-order valence-electron chi connectivity index (χ1n) is 8.17. The van der Waals surface area contributed by atoms with Crippen molar-refractivity contribution >= 4 is 27.8 Å². The summed E-state index contributed by atoms with van der Waals surface area (Å²) in [6, 6.07) is 11.6. The number of hydrogen-bond donors (Lipinski definition) is 0. The van der Waals surface area contributed by atoms with Gasteiger partial charge in [0, 0.05) is 12.6 Å². The van der Waals surface area contributed by atoms with E-state index in [1.165, 1.54) is 0 Å². The van der Waals surface area contributed by atoms with Crippen molar-refractivity contribution in [3.63, 3.8) is 0 Å². The third kappa shape index (κ3) is 3.72. The Bertz CT molecular complexity index is 1000. The molecule has 136 valence electrons. The highest BCUT2D eigenvalue weighted by Gasteiger charge is 2.05. The van der Waals surface area contributed by atoms with Crippen molar-refractivity contribution in [2.45, 2.75) is 6.92 Å². The van der Waals surface area contributed by atoms with Gasteiger partial charge in [0.05, 0.1) is 37.3 Å². The second-order valence-corrected chi connectivity index (χ2v) is 6.47. The van der Waals surface area contributed by atoms with Crippen LogP contribution in [0.15, 0.2) is 46.6 Å². The number of nitrogens with zero attached hydrogens (tertiary/aromatic N) is 3. The van der Waals surface area contributed by atoms with Crippen LogP contribution >= 0.6 is 11.3 Å². The number of aromatic nitrogens is 1. The smallest absolute Gasteiger partial charge is 0.211 e. The maximum Gasteiger partial charge on any atom is 0.211 e. The molecule has 3 aromatic rings. The maximum absolute atomic E-state index is 5.56. The first-order chi connectivity index (χ1) is 12.7. The molecule has 0 aliphatic carbocycles. The summed E-state index contributed by atoms with van der Waals surface area (Å²) in [7, 11) is 5.22. The molecule has 3 rings (SSSR count). The van der Waals surface area contributed by atoms with Gasteiger partial charge < -0.3 is 18.8 Å². The van der Waals surface area contributed by atoms with Gasteiger partial charge in [0.15, 0.2) is 0 Å². The quantitative estimate of drug-likeness (QED) is 0.491. The molecule has 0 fully saturated rings. The van der Waals surface area contributed by atoms with Crippen LogP contribution in [0.3, 0.4) is 0 Å². The molecule has 0 amide bonds. The molecule has 0 atom stereocenters. The Morgan fingerprint density at radius 3 is 2.62 bits per heavy atom. The van der Waals surface area contributed by atoms with E-state index in [9.17, 15) is 0 Å². The highest BCUT2D eigenvalue weighted by molar-refractivity contribution is 7.16. The van der Waals surface area contributed by atoms with Crippen LogP contribution in [0.1, 0.15) is 12.5 Å². The summed E-state index contributed by atoms with van der Waals surface area (Å²) < 4.78 is 19.3. The molecule has 1 aromatic heterocycles. The Morgan fingerprint density at radius 1 is 1.08 bits per heavy atom. The van der Waals surface area contributed by atoms with E-state index in [1.54, 1.807) is 31.8 Å². The van der Waals surface area contributed by atoms with Crippen LogP contribution in [0.4, 0.5) is 0 Å². The van der Waals surface area contributed by atoms with Gasteiger partial charge in [-0.3, -0.25) is 0 Å². The van der Waals surface area contributed by atoms with E-state index in [0.717, 1.165) is 32.1 Å². The molecule has 0 radical (unpaired) electrons. The largest absolute Gasteiger partial charge is 0.497 e. The molecule has 2 aromatic carbocycles. The van der Waals surface area contributed by atoms with E-state index in [1.807, 2.05) is 54.9 Å². The van der Waals surface area contributed by atoms with E-state index >= 15 is 0 Å². The van der Waals surface area contributed by atoms with Crippen LogP contribution < -0.4 is 19.0 Å². The van der Waals surface area contributed by atoms with Crippen molar-refractivity contribution < 1.29 is 14.2 Å². The summed E-state index contributed by atoms with van der Waals surface area (Å²) in [4.78, 5) is 0.798. The van der Waals surface area contributed by atoms with Crippen molar-refractivity contribution in [2.75, 3.05) is 20.8 Å². The van der Waals surface area contributed by atoms with E-state index in [-0.39, 0.29) is 0 Å².